The number of benzene rings is 1. The van der Waals surface area contributed by atoms with Crippen LogP contribution in [0.2, 0.25) is 0 Å². The number of halogens is 1. The van der Waals surface area contributed by atoms with Crippen molar-refractivity contribution < 1.29 is 9.53 Å². The van der Waals surface area contributed by atoms with Gasteiger partial charge >= 0.3 is 5.97 Å². The molecule has 1 aromatic rings. The monoisotopic (exact) mass is 311 g/mol. The van der Waals surface area contributed by atoms with Crippen LogP contribution in [0.3, 0.4) is 0 Å². The predicted octanol–water partition coefficient (Wildman–Crippen LogP) is 3.09. The molecular weight excluding hydrogens is 294 g/mol. The summed E-state index contributed by atoms with van der Waals surface area (Å²) in [6, 6.07) is 5.75. The molecule has 1 N–H and O–H groups in total. The summed E-state index contributed by atoms with van der Waals surface area (Å²) in [5, 5.41) is 3.41. The van der Waals surface area contributed by atoms with Crippen molar-refractivity contribution in [3.8, 4) is 0 Å². The highest BCUT2D eigenvalue weighted by Gasteiger charge is 2.18. The molecule has 1 aromatic carbocycles. The Bertz CT molecular complexity index is 428. The first-order chi connectivity index (χ1) is 8.72. The van der Waals surface area contributed by atoms with Crippen molar-refractivity contribution in [1.29, 1.82) is 0 Å². The van der Waals surface area contributed by atoms with Gasteiger partial charge in [0, 0.05) is 11.0 Å². The van der Waals surface area contributed by atoms with Crippen molar-refractivity contribution in [3.05, 3.63) is 33.8 Å². The molecule has 0 amide bonds. The molecule has 1 heterocycles. The fourth-order valence-electron chi connectivity index (χ4n) is 2.32. The highest BCUT2D eigenvalue weighted by atomic mass is 79.9. The number of carbonyl (C=O) groups excluding carboxylic acids is 1. The average molecular weight is 312 g/mol. The second-order valence-corrected chi connectivity index (χ2v) is 5.35. The Kier molecular flexibility index (Phi) is 4.78. The zero-order valence-electron chi connectivity index (χ0n) is 10.5. The van der Waals surface area contributed by atoms with Gasteiger partial charge in [-0.2, -0.15) is 0 Å². The van der Waals surface area contributed by atoms with E-state index in [9.17, 15) is 4.79 Å². The lowest BCUT2D eigenvalue weighted by Crippen LogP contribution is -2.28. The highest BCUT2D eigenvalue weighted by molar-refractivity contribution is 9.10. The summed E-state index contributed by atoms with van der Waals surface area (Å²) in [4.78, 5) is 11.6. The van der Waals surface area contributed by atoms with E-state index in [1.54, 1.807) is 0 Å². The molecule has 0 spiro atoms. The van der Waals surface area contributed by atoms with Crippen molar-refractivity contribution in [2.75, 3.05) is 19.7 Å². The normalized spacial score (nSPS) is 19.6. The molecule has 0 saturated carbocycles. The number of carbonyl (C=O) groups is 1. The minimum atomic E-state index is -0.258. The third kappa shape index (κ3) is 3.12. The number of hydrogen-bond acceptors (Lipinski definition) is 3. The molecule has 0 aliphatic carbocycles. The van der Waals surface area contributed by atoms with E-state index in [1.807, 2.05) is 25.1 Å². The van der Waals surface area contributed by atoms with Gasteiger partial charge in [0.25, 0.3) is 0 Å². The van der Waals surface area contributed by atoms with Crippen LogP contribution in [-0.2, 0) is 4.74 Å². The summed E-state index contributed by atoms with van der Waals surface area (Å²) < 4.78 is 6.00. The molecule has 0 radical (unpaired) electrons. The van der Waals surface area contributed by atoms with E-state index in [0.717, 1.165) is 17.6 Å². The van der Waals surface area contributed by atoms with Crippen molar-refractivity contribution >= 4 is 21.9 Å². The molecule has 18 heavy (non-hydrogen) atoms. The van der Waals surface area contributed by atoms with Crippen molar-refractivity contribution in [3.63, 3.8) is 0 Å². The van der Waals surface area contributed by atoms with Crippen LogP contribution in [0.4, 0.5) is 0 Å². The van der Waals surface area contributed by atoms with Crippen LogP contribution >= 0.6 is 15.9 Å². The SMILES string of the molecule is CCOC(=O)c1ccc([C@H]2CCCNC2)c(Br)c1. The van der Waals surface area contributed by atoms with Crippen LogP contribution in [-0.4, -0.2) is 25.7 Å². The first kappa shape index (κ1) is 13.6. The topological polar surface area (TPSA) is 38.3 Å². The van der Waals surface area contributed by atoms with Gasteiger partial charge in [-0.25, -0.2) is 4.79 Å². The second kappa shape index (κ2) is 6.34. The summed E-state index contributed by atoms with van der Waals surface area (Å²) in [5.41, 5.74) is 1.88. The molecule has 2 rings (SSSR count). The molecule has 4 heteroatoms. The Morgan fingerprint density at radius 1 is 1.56 bits per heavy atom. The molecule has 98 valence electrons. The third-order valence-corrected chi connectivity index (χ3v) is 3.94. The lowest BCUT2D eigenvalue weighted by molar-refractivity contribution is 0.0526. The van der Waals surface area contributed by atoms with E-state index in [2.05, 4.69) is 21.2 Å². The Morgan fingerprint density at radius 2 is 2.39 bits per heavy atom. The lowest BCUT2D eigenvalue weighted by atomic mass is 9.91. The summed E-state index contributed by atoms with van der Waals surface area (Å²) in [7, 11) is 0. The molecule has 1 saturated heterocycles. The Morgan fingerprint density at radius 3 is 3.00 bits per heavy atom. The van der Waals surface area contributed by atoms with Crippen LogP contribution in [0.25, 0.3) is 0 Å². The molecule has 0 bridgehead atoms. The van der Waals surface area contributed by atoms with E-state index in [-0.39, 0.29) is 5.97 Å². The fourth-order valence-corrected chi connectivity index (χ4v) is 3.02. The number of hydrogen-bond donors (Lipinski definition) is 1. The largest absolute Gasteiger partial charge is 0.462 e. The Hall–Kier alpha value is -0.870. The van der Waals surface area contributed by atoms with Gasteiger partial charge in [-0.3, -0.25) is 0 Å². The smallest absolute Gasteiger partial charge is 0.338 e. The number of nitrogens with one attached hydrogen (secondary N) is 1. The Labute approximate surface area is 116 Å². The second-order valence-electron chi connectivity index (χ2n) is 4.50. The summed E-state index contributed by atoms with van der Waals surface area (Å²) in [6.45, 7) is 4.34. The number of esters is 1. The maximum absolute atomic E-state index is 11.6. The van der Waals surface area contributed by atoms with Crippen LogP contribution in [0.15, 0.2) is 22.7 Å². The van der Waals surface area contributed by atoms with Gasteiger partial charge in [0.2, 0.25) is 0 Å². The highest BCUT2D eigenvalue weighted by Crippen LogP contribution is 2.30. The number of rotatable bonds is 3. The molecule has 1 aliphatic rings. The standard InChI is InChI=1S/C14H18BrNO2/c1-2-18-14(17)10-5-6-12(13(15)8-10)11-4-3-7-16-9-11/h5-6,8,11,16H,2-4,7,9H2,1H3/t11-/m0/s1. The van der Waals surface area contributed by atoms with Gasteiger partial charge < -0.3 is 10.1 Å². The zero-order valence-corrected chi connectivity index (χ0v) is 12.1. The van der Waals surface area contributed by atoms with Crippen molar-refractivity contribution in [2.24, 2.45) is 0 Å². The molecule has 1 aliphatic heterocycles. The molecule has 3 nitrogen and oxygen atoms in total. The maximum Gasteiger partial charge on any atom is 0.338 e. The molecule has 0 unspecified atom stereocenters. The Balaban J connectivity index is 2.16. The fraction of sp³-hybridized carbons (Fsp3) is 0.500. The van der Waals surface area contributed by atoms with Gasteiger partial charge in [0.05, 0.1) is 12.2 Å². The van der Waals surface area contributed by atoms with Gasteiger partial charge in [-0.05, 0) is 49.9 Å². The lowest BCUT2D eigenvalue weighted by Gasteiger charge is -2.24. The minimum absolute atomic E-state index is 0.258. The molecule has 1 fully saturated rings. The quantitative estimate of drug-likeness (QED) is 0.872. The van der Waals surface area contributed by atoms with Crippen LogP contribution in [0.5, 0.6) is 0 Å². The van der Waals surface area contributed by atoms with Gasteiger partial charge in [0.15, 0.2) is 0 Å². The maximum atomic E-state index is 11.6. The van der Waals surface area contributed by atoms with E-state index in [1.165, 1.54) is 18.4 Å². The average Bonchev–Trinajstić information content (AvgIpc) is 2.40. The van der Waals surface area contributed by atoms with E-state index < -0.39 is 0 Å². The van der Waals surface area contributed by atoms with E-state index in [0.29, 0.717) is 18.1 Å². The van der Waals surface area contributed by atoms with E-state index in [4.69, 9.17) is 4.74 Å². The van der Waals surface area contributed by atoms with Crippen molar-refractivity contribution in [2.45, 2.75) is 25.7 Å². The van der Waals surface area contributed by atoms with E-state index >= 15 is 0 Å². The summed E-state index contributed by atoms with van der Waals surface area (Å²) >= 11 is 3.57. The zero-order chi connectivity index (χ0) is 13.0. The van der Waals surface area contributed by atoms with Crippen molar-refractivity contribution in [1.82, 2.24) is 5.32 Å². The molecule has 1 atom stereocenters. The third-order valence-electron chi connectivity index (χ3n) is 3.25. The van der Waals surface area contributed by atoms with Gasteiger partial charge in [0.1, 0.15) is 0 Å². The summed E-state index contributed by atoms with van der Waals surface area (Å²) in [5.74, 6) is 0.274. The molecule has 0 aromatic heterocycles. The first-order valence-corrected chi connectivity index (χ1v) is 7.19. The van der Waals surface area contributed by atoms with Crippen LogP contribution in [0, 0.1) is 0 Å². The van der Waals surface area contributed by atoms with Gasteiger partial charge in [-0.15, -0.1) is 0 Å². The first-order valence-electron chi connectivity index (χ1n) is 6.39. The minimum Gasteiger partial charge on any atom is -0.462 e. The van der Waals surface area contributed by atoms with Crippen LogP contribution < -0.4 is 5.32 Å². The van der Waals surface area contributed by atoms with Crippen LogP contribution in [0.1, 0.15) is 41.6 Å². The predicted molar refractivity (Wildman–Crippen MR) is 74.9 cm³/mol. The number of ether oxygens (including phenoxy) is 1. The molecular formula is C14H18BrNO2. The number of piperidine rings is 1. The van der Waals surface area contributed by atoms with Gasteiger partial charge in [-0.1, -0.05) is 22.0 Å². The summed E-state index contributed by atoms with van der Waals surface area (Å²) in [6.07, 6.45) is 2.40.